The second kappa shape index (κ2) is 11.2. The molecule has 0 radical (unpaired) electrons. The van der Waals surface area contributed by atoms with Gasteiger partial charge >= 0.3 is 0 Å². The first kappa shape index (κ1) is 28.7. The van der Waals surface area contributed by atoms with Crippen LogP contribution in [0.25, 0.3) is 97.4 Å². The van der Waals surface area contributed by atoms with Crippen molar-refractivity contribution in [1.29, 1.82) is 0 Å². The van der Waals surface area contributed by atoms with Crippen LogP contribution in [0.4, 0.5) is 0 Å². The van der Waals surface area contributed by atoms with E-state index in [4.69, 9.17) is 0 Å². The lowest BCUT2D eigenvalue weighted by atomic mass is 9.99. The summed E-state index contributed by atoms with van der Waals surface area (Å²) in [5.74, 6) is 0. The Balaban J connectivity index is 1.04. The van der Waals surface area contributed by atoms with Gasteiger partial charge in [-0.25, -0.2) is 0 Å². The monoisotopic (exact) mass is 668 g/mol. The van der Waals surface area contributed by atoms with E-state index >= 15 is 0 Å². The fourth-order valence-corrected chi connectivity index (χ4v) is 9.61. The van der Waals surface area contributed by atoms with Crippen molar-refractivity contribution >= 4 is 80.8 Å². The fourth-order valence-electron chi connectivity index (χ4n) is 8.47. The van der Waals surface area contributed by atoms with E-state index in [1.165, 1.54) is 97.4 Å². The van der Waals surface area contributed by atoms with Crippen molar-refractivity contribution in [2.45, 2.75) is 12.8 Å². The van der Waals surface area contributed by atoms with E-state index in [2.05, 4.69) is 179 Å². The Labute approximate surface area is 299 Å². The first-order chi connectivity index (χ1) is 25.3. The van der Waals surface area contributed by atoms with E-state index in [0.29, 0.717) is 0 Å². The average Bonchev–Trinajstić information content (AvgIpc) is 3.85. The molecule has 51 heavy (non-hydrogen) atoms. The first-order valence-corrected chi connectivity index (χ1v) is 18.6. The predicted octanol–water partition coefficient (Wildman–Crippen LogP) is 13.8. The third-order valence-electron chi connectivity index (χ3n) is 10.8. The SMILES string of the molecule is C1=CCCC(n2c3ccccc3c3cc(-c4ccc5c(c4)c4ccccc4n5-c4ccc(-c5cccc6sc7ccccc7c56)cc4)ccc32)=C1. The highest BCUT2D eigenvalue weighted by atomic mass is 32.1. The third-order valence-corrected chi connectivity index (χ3v) is 11.9. The van der Waals surface area contributed by atoms with Crippen LogP contribution in [0, 0.1) is 0 Å². The number of rotatable bonds is 4. The minimum absolute atomic E-state index is 1.05. The first-order valence-electron chi connectivity index (χ1n) is 17.7. The maximum absolute atomic E-state index is 2.46. The highest BCUT2D eigenvalue weighted by Crippen LogP contribution is 2.42. The standard InChI is InChI=1S/C48H32N2S/c1-2-11-34(12-3-1)49-42-17-7-4-13-37(42)40-29-32(23-27-44(40)49)33-24-28-45-41(30-33)38-14-5-8-18-43(38)50(45)35-25-21-31(22-26-35)36-16-10-20-47-48(36)39-15-6-9-19-46(39)51-47/h1-2,4-11,13-30H,3,12H2. The molecule has 11 rings (SSSR count). The fraction of sp³-hybridized carbons (Fsp3) is 0.0417. The van der Waals surface area contributed by atoms with E-state index in [9.17, 15) is 0 Å². The van der Waals surface area contributed by atoms with Gasteiger partial charge in [-0.2, -0.15) is 0 Å². The lowest BCUT2D eigenvalue weighted by Gasteiger charge is -2.14. The zero-order valence-electron chi connectivity index (χ0n) is 27.9. The topological polar surface area (TPSA) is 9.86 Å². The van der Waals surface area contributed by atoms with Gasteiger partial charge < -0.3 is 9.13 Å². The van der Waals surface area contributed by atoms with Crippen LogP contribution in [0.15, 0.2) is 170 Å². The maximum Gasteiger partial charge on any atom is 0.0541 e. The van der Waals surface area contributed by atoms with Gasteiger partial charge in [0, 0.05) is 53.1 Å². The second-order valence-electron chi connectivity index (χ2n) is 13.6. The lowest BCUT2D eigenvalue weighted by Crippen LogP contribution is -1.98. The molecule has 1 aliphatic rings. The van der Waals surface area contributed by atoms with Crippen LogP contribution in [-0.2, 0) is 0 Å². The Morgan fingerprint density at radius 3 is 1.75 bits per heavy atom. The molecule has 0 fully saturated rings. The molecule has 0 atom stereocenters. The zero-order valence-corrected chi connectivity index (χ0v) is 28.7. The highest BCUT2D eigenvalue weighted by Gasteiger charge is 2.17. The quantitative estimate of drug-likeness (QED) is 0.177. The summed E-state index contributed by atoms with van der Waals surface area (Å²) in [6.07, 6.45) is 8.86. The molecule has 3 aromatic heterocycles. The van der Waals surface area contributed by atoms with Crippen LogP contribution < -0.4 is 0 Å². The molecule has 7 aromatic carbocycles. The molecule has 0 bridgehead atoms. The summed E-state index contributed by atoms with van der Waals surface area (Å²) in [6.45, 7) is 0. The van der Waals surface area contributed by atoms with Crippen molar-refractivity contribution < 1.29 is 0 Å². The number of benzene rings is 7. The van der Waals surface area contributed by atoms with Crippen LogP contribution in [0.5, 0.6) is 0 Å². The van der Waals surface area contributed by atoms with Gasteiger partial charge in [-0.05, 0) is 102 Å². The van der Waals surface area contributed by atoms with Gasteiger partial charge in [0.15, 0.2) is 0 Å². The zero-order chi connectivity index (χ0) is 33.5. The molecule has 0 spiro atoms. The van der Waals surface area contributed by atoms with Gasteiger partial charge in [0.2, 0.25) is 0 Å². The molecule has 0 N–H and O–H groups in total. The minimum atomic E-state index is 1.05. The van der Waals surface area contributed by atoms with Gasteiger partial charge in [-0.3, -0.25) is 0 Å². The number of aromatic nitrogens is 2. The summed E-state index contributed by atoms with van der Waals surface area (Å²) in [5, 5.41) is 7.81. The van der Waals surface area contributed by atoms with Crippen molar-refractivity contribution in [1.82, 2.24) is 9.13 Å². The summed E-state index contributed by atoms with van der Waals surface area (Å²) in [7, 11) is 0. The van der Waals surface area contributed by atoms with Gasteiger partial charge in [0.05, 0.1) is 22.1 Å². The molecule has 0 aliphatic heterocycles. The van der Waals surface area contributed by atoms with Crippen LogP contribution >= 0.6 is 11.3 Å². The Hall–Kier alpha value is -6.16. The van der Waals surface area contributed by atoms with Crippen molar-refractivity contribution in [3.63, 3.8) is 0 Å². The van der Waals surface area contributed by atoms with E-state index in [1.807, 2.05) is 11.3 Å². The van der Waals surface area contributed by atoms with Crippen molar-refractivity contribution in [3.05, 3.63) is 170 Å². The Morgan fingerprint density at radius 1 is 0.451 bits per heavy atom. The van der Waals surface area contributed by atoms with Crippen molar-refractivity contribution in [3.8, 4) is 27.9 Å². The van der Waals surface area contributed by atoms with Crippen LogP contribution in [0.3, 0.4) is 0 Å². The van der Waals surface area contributed by atoms with E-state index in [0.717, 1.165) is 12.8 Å². The number of nitrogens with zero attached hydrogens (tertiary/aromatic N) is 2. The molecule has 0 amide bonds. The molecule has 3 heteroatoms. The Morgan fingerprint density at radius 2 is 1.04 bits per heavy atom. The van der Waals surface area contributed by atoms with E-state index < -0.39 is 0 Å². The van der Waals surface area contributed by atoms with Gasteiger partial charge in [0.25, 0.3) is 0 Å². The van der Waals surface area contributed by atoms with Crippen LogP contribution in [-0.4, -0.2) is 9.13 Å². The maximum atomic E-state index is 2.46. The molecule has 10 aromatic rings. The summed E-state index contributed by atoms with van der Waals surface area (Å²) in [6, 6.07) is 56.2. The molecular formula is C48H32N2S. The number of allylic oxidation sites excluding steroid dienone is 4. The van der Waals surface area contributed by atoms with Gasteiger partial charge in [0.1, 0.15) is 0 Å². The summed E-state index contributed by atoms with van der Waals surface area (Å²) < 4.78 is 7.55. The smallest absolute Gasteiger partial charge is 0.0541 e. The second-order valence-corrected chi connectivity index (χ2v) is 14.7. The van der Waals surface area contributed by atoms with E-state index in [1.54, 1.807) is 0 Å². The van der Waals surface area contributed by atoms with Gasteiger partial charge in [-0.1, -0.05) is 103 Å². The van der Waals surface area contributed by atoms with Crippen LogP contribution in [0.1, 0.15) is 12.8 Å². The molecule has 0 unspecified atom stereocenters. The summed E-state index contributed by atoms with van der Waals surface area (Å²) in [5.41, 5.74) is 12.5. The van der Waals surface area contributed by atoms with Crippen molar-refractivity contribution in [2.24, 2.45) is 0 Å². The Bertz CT molecular complexity index is 3070. The molecule has 2 nitrogen and oxygen atoms in total. The van der Waals surface area contributed by atoms with Crippen LogP contribution in [0.2, 0.25) is 0 Å². The Kier molecular flexibility index (Phi) is 6.28. The molecular weight excluding hydrogens is 637 g/mol. The number of hydrogen-bond donors (Lipinski definition) is 0. The molecule has 1 aliphatic carbocycles. The largest absolute Gasteiger partial charge is 0.313 e. The number of thiophene rings is 1. The molecule has 0 saturated carbocycles. The third kappa shape index (κ3) is 4.35. The summed E-state index contributed by atoms with van der Waals surface area (Å²) in [4.78, 5) is 0. The highest BCUT2D eigenvalue weighted by molar-refractivity contribution is 7.25. The average molecular weight is 669 g/mol. The number of para-hydroxylation sites is 2. The number of fused-ring (bicyclic) bond motifs is 9. The number of hydrogen-bond acceptors (Lipinski definition) is 1. The normalized spacial score (nSPS) is 13.4. The van der Waals surface area contributed by atoms with E-state index in [-0.39, 0.29) is 0 Å². The molecule has 240 valence electrons. The molecule has 3 heterocycles. The lowest BCUT2D eigenvalue weighted by molar-refractivity contribution is 0.979. The predicted molar refractivity (Wildman–Crippen MR) is 220 cm³/mol. The molecule has 0 saturated heterocycles. The van der Waals surface area contributed by atoms with Gasteiger partial charge in [-0.15, -0.1) is 11.3 Å². The van der Waals surface area contributed by atoms with Crippen molar-refractivity contribution in [2.75, 3.05) is 0 Å². The minimum Gasteiger partial charge on any atom is -0.313 e. The summed E-state index contributed by atoms with van der Waals surface area (Å²) >= 11 is 1.87.